The SMILES string of the molecule is CCc1cc(N)c(OC(F)F)cc1N1CCC(N2CCN(C(=O)OC(C)(C)C)CC2)CC1. The molecule has 0 spiro atoms. The first-order valence-electron chi connectivity index (χ1n) is 11.4. The average Bonchev–Trinajstić information content (AvgIpc) is 2.73. The zero-order chi connectivity index (χ0) is 23.5. The lowest BCUT2D eigenvalue weighted by Gasteiger charge is -2.43. The Labute approximate surface area is 189 Å². The highest BCUT2D eigenvalue weighted by atomic mass is 19.3. The number of hydrogen-bond donors (Lipinski definition) is 1. The molecule has 32 heavy (non-hydrogen) atoms. The first-order valence-corrected chi connectivity index (χ1v) is 11.4. The van der Waals surface area contributed by atoms with Crippen LogP contribution in [0.2, 0.25) is 0 Å². The number of anilines is 2. The van der Waals surface area contributed by atoms with Gasteiger partial charge in [0.25, 0.3) is 0 Å². The largest absolute Gasteiger partial charge is 0.444 e. The Balaban J connectivity index is 1.56. The van der Waals surface area contributed by atoms with Gasteiger partial charge in [-0.2, -0.15) is 8.78 Å². The van der Waals surface area contributed by atoms with E-state index in [4.69, 9.17) is 10.5 Å². The van der Waals surface area contributed by atoms with Gasteiger partial charge in [-0.15, -0.1) is 0 Å². The van der Waals surface area contributed by atoms with Crippen molar-refractivity contribution in [1.82, 2.24) is 9.80 Å². The van der Waals surface area contributed by atoms with Crippen molar-refractivity contribution in [2.45, 2.75) is 65.2 Å². The summed E-state index contributed by atoms with van der Waals surface area (Å²) in [5.41, 5.74) is 7.62. The summed E-state index contributed by atoms with van der Waals surface area (Å²) in [5.74, 6) is 0.0348. The third-order valence-corrected chi connectivity index (χ3v) is 6.10. The Morgan fingerprint density at radius 2 is 1.75 bits per heavy atom. The predicted molar refractivity (Wildman–Crippen MR) is 121 cm³/mol. The van der Waals surface area contributed by atoms with Gasteiger partial charge >= 0.3 is 12.7 Å². The number of halogens is 2. The van der Waals surface area contributed by atoms with Crippen LogP contribution in [0.5, 0.6) is 5.75 Å². The molecule has 2 aliphatic heterocycles. The zero-order valence-corrected chi connectivity index (χ0v) is 19.6. The second kappa shape index (κ2) is 10.1. The number of nitrogen functional groups attached to an aromatic ring is 1. The van der Waals surface area contributed by atoms with Crippen LogP contribution in [0.3, 0.4) is 0 Å². The molecule has 2 heterocycles. The van der Waals surface area contributed by atoms with Gasteiger partial charge in [0.15, 0.2) is 5.75 Å². The summed E-state index contributed by atoms with van der Waals surface area (Å²) >= 11 is 0. The molecule has 0 radical (unpaired) electrons. The lowest BCUT2D eigenvalue weighted by Crippen LogP contribution is -2.55. The number of aryl methyl sites for hydroxylation is 1. The quantitative estimate of drug-likeness (QED) is 0.680. The average molecular weight is 455 g/mol. The molecule has 1 aromatic carbocycles. The summed E-state index contributed by atoms with van der Waals surface area (Å²) in [6.45, 7) is 9.43. The minimum atomic E-state index is -2.90. The van der Waals surface area contributed by atoms with E-state index in [1.165, 1.54) is 0 Å². The second-order valence-electron chi connectivity index (χ2n) is 9.47. The van der Waals surface area contributed by atoms with Crippen molar-refractivity contribution >= 4 is 17.5 Å². The highest BCUT2D eigenvalue weighted by Crippen LogP contribution is 2.35. The van der Waals surface area contributed by atoms with Crippen LogP contribution in [0.25, 0.3) is 0 Å². The number of hydrogen-bond acceptors (Lipinski definition) is 6. The molecule has 0 unspecified atom stereocenters. The summed E-state index contributed by atoms with van der Waals surface area (Å²) in [6.07, 6.45) is 2.47. The first kappa shape index (κ1) is 24.4. The Morgan fingerprint density at radius 3 is 2.28 bits per heavy atom. The standard InChI is InChI=1S/C23H36F2N4O3/c1-5-16-14-18(26)20(31-21(24)25)15-19(16)28-8-6-17(7-9-28)27-10-12-29(13-11-27)22(30)32-23(2,3)4/h14-15,17,21H,5-13,26H2,1-4H3. The molecule has 3 rings (SSSR count). The molecule has 0 atom stereocenters. The number of carbonyl (C=O) groups excluding carboxylic acids is 1. The van der Waals surface area contributed by atoms with Crippen LogP contribution in [-0.4, -0.2) is 73.4 Å². The fourth-order valence-electron chi connectivity index (χ4n) is 4.48. The van der Waals surface area contributed by atoms with E-state index in [1.54, 1.807) is 17.0 Å². The number of nitrogens with zero attached hydrogens (tertiary/aromatic N) is 3. The highest BCUT2D eigenvalue weighted by Gasteiger charge is 2.31. The van der Waals surface area contributed by atoms with Crippen molar-refractivity contribution < 1.29 is 23.0 Å². The zero-order valence-electron chi connectivity index (χ0n) is 19.6. The molecule has 0 saturated carbocycles. The van der Waals surface area contributed by atoms with Gasteiger partial charge in [0.2, 0.25) is 0 Å². The van der Waals surface area contributed by atoms with E-state index in [1.807, 2.05) is 27.7 Å². The van der Waals surface area contributed by atoms with Gasteiger partial charge in [-0.25, -0.2) is 4.79 Å². The molecular weight excluding hydrogens is 418 g/mol. The number of rotatable bonds is 5. The van der Waals surface area contributed by atoms with Gasteiger partial charge in [-0.05, 0) is 51.7 Å². The molecule has 2 saturated heterocycles. The summed E-state index contributed by atoms with van der Waals surface area (Å²) in [6, 6.07) is 3.85. The van der Waals surface area contributed by atoms with Crippen molar-refractivity contribution in [3.63, 3.8) is 0 Å². The third-order valence-electron chi connectivity index (χ3n) is 6.10. The smallest absolute Gasteiger partial charge is 0.410 e. The van der Waals surface area contributed by atoms with Crippen LogP contribution in [0.1, 0.15) is 46.1 Å². The van der Waals surface area contributed by atoms with E-state index in [-0.39, 0.29) is 17.5 Å². The van der Waals surface area contributed by atoms with Crippen LogP contribution < -0.4 is 15.4 Å². The molecule has 1 aromatic rings. The maximum absolute atomic E-state index is 12.7. The maximum atomic E-state index is 12.7. The predicted octanol–water partition coefficient (Wildman–Crippen LogP) is 3.95. The minimum absolute atomic E-state index is 0.0348. The van der Waals surface area contributed by atoms with Gasteiger partial charge in [-0.1, -0.05) is 6.92 Å². The topological polar surface area (TPSA) is 71.3 Å². The Hall–Kier alpha value is -2.29. The van der Waals surface area contributed by atoms with Gasteiger partial charge < -0.3 is 25.0 Å². The molecule has 9 heteroatoms. The second-order valence-corrected chi connectivity index (χ2v) is 9.47. The van der Waals surface area contributed by atoms with E-state index in [0.717, 1.165) is 56.7 Å². The Kier molecular flexibility index (Phi) is 7.69. The third kappa shape index (κ3) is 6.15. The van der Waals surface area contributed by atoms with Gasteiger partial charge in [0.1, 0.15) is 5.60 Å². The van der Waals surface area contributed by atoms with E-state index in [0.29, 0.717) is 19.1 Å². The number of nitrogens with two attached hydrogens (primary N) is 1. The summed E-state index contributed by atoms with van der Waals surface area (Å²) in [5, 5.41) is 0. The van der Waals surface area contributed by atoms with Crippen LogP contribution >= 0.6 is 0 Å². The summed E-state index contributed by atoms with van der Waals surface area (Å²) in [7, 11) is 0. The number of benzene rings is 1. The molecule has 0 bridgehead atoms. The molecule has 0 aromatic heterocycles. The van der Waals surface area contributed by atoms with Gasteiger partial charge in [-0.3, -0.25) is 4.90 Å². The molecule has 2 N–H and O–H groups in total. The Bertz CT molecular complexity index is 784. The monoisotopic (exact) mass is 454 g/mol. The van der Waals surface area contributed by atoms with E-state index < -0.39 is 12.2 Å². The lowest BCUT2D eigenvalue weighted by atomic mass is 9.99. The van der Waals surface area contributed by atoms with E-state index >= 15 is 0 Å². The Morgan fingerprint density at radius 1 is 1.12 bits per heavy atom. The summed E-state index contributed by atoms with van der Waals surface area (Å²) in [4.78, 5) is 18.8. The number of piperazine rings is 1. The fourth-order valence-corrected chi connectivity index (χ4v) is 4.48. The van der Waals surface area contributed by atoms with Gasteiger partial charge in [0.05, 0.1) is 5.69 Å². The number of alkyl halides is 2. The fraction of sp³-hybridized carbons (Fsp3) is 0.696. The molecule has 180 valence electrons. The first-order chi connectivity index (χ1) is 15.1. The molecule has 2 fully saturated rings. The lowest BCUT2D eigenvalue weighted by molar-refractivity contribution is -0.0493. The number of amides is 1. The maximum Gasteiger partial charge on any atom is 0.410 e. The van der Waals surface area contributed by atoms with E-state index in [2.05, 4.69) is 14.5 Å². The van der Waals surface area contributed by atoms with Crippen molar-refractivity contribution in [3.05, 3.63) is 17.7 Å². The molecule has 2 aliphatic rings. The van der Waals surface area contributed by atoms with E-state index in [9.17, 15) is 13.6 Å². The van der Waals surface area contributed by atoms with Crippen LogP contribution in [-0.2, 0) is 11.2 Å². The number of piperidine rings is 1. The van der Waals surface area contributed by atoms with Crippen LogP contribution in [0.4, 0.5) is 25.0 Å². The van der Waals surface area contributed by atoms with Crippen molar-refractivity contribution in [2.75, 3.05) is 49.9 Å². The molecule has 7 nitrogen and oxygen atoms in total. The molecular formula is C23H36F2N4O3. The van der Waals surface area contributed by atoms with Crippen molar-refractivity contribution in [3.8, 4) is 5.75 Å². The van der Waals surface area contributed by atoms with Gasteiger partial charge in [0, 0.05) is 57.1 Å². The van der Waals surface area contributed by atoms with Crippen molar-refractivity contribution in [2.24, 2.45) is 0 Å². The summed E-state index contributed by atoms with van der Waals surface area (Å²) < 4.78 is 35.6. The molecule has 0 aliphatic carbocycles. The number of carbonyl (C=O) groups is 1. The highest BCUT2D eigenvalue weighted by molar-refractivity contribution is 5.68. The minimum Gasteiger partial charge on any atom is -0.444 e. The number of ether oxygens (including phenoxy) is 2. The van der Waals surface area contributed by atoms with Crippen molar-refractivity contribution in [1.29, 1.82) is 0 Å². The van der Waals surface area contributed by atoms with Crippen LogP contribution in [0.15, 0.2) is 12.1 Å². The molecule has 1 amide bonds. The van der Waals surface area contributed by atoms with Crippen LogP contribution in [0, 0.1) is 0 Å². The normalized spacial score (nSPS) is 18.8.